The number of amides is 1. The zero-order valence-corrected chi connectivity index (χ0v) is 12.0. The molecule has 1 saturated heterocycles. The fraction of sp³-hybridized carbons (Fsp3) is 0.375. The number of anilines is 1. The molecule has 3 rings (SSSR count). The molecule has 0 radical (unpaired) electrons. The van der Waals surface area contributed by atoms with Crippen molar-refractivity contribution in [2.45, 2.75) is 31.9 Å². The number of benzene rings is 1. The van der Waals surface area contributed by atoms with Crippen molar-refractivity contribution in [1.82, 2.24) is 10.3 Å². The van der Waals surface area contributed by atoms with Gasteiger partial charge in [0.1, 0.15) is 11.5 Å². The molecule has 1 amide bonds. The normalized spacial score (nSPS) is 19.6. The molecular formula is C16H19N3O2. The number of carbonyl (C=O) groups excluding carboxylic acids is 1. The lowest BCUT2D eigenvalue weighted by molar-refractivity contribution is 0.0709. The van der Waals surface area contributed by atoms with E-state index in [1.807, 2.05) is 31.2 Å². The van der Waals surface area contributed by atoms with Gasteiger partial charge in [0.2, 0.25) is 0 Å². The molecule has 0 bridgehead atoms. The van der Waals surface area contributed by atoms with E-state index in [1.165, 1.54) is 0 Å². The Kier molecular flexibility index (Phi) is 3.75. The maximum absolute atomic E-state index is 12.3. The lowest BCUT2D eigenvalue weighted by atomic mass is 10.1. The van der Waals surface area contributed by atoms with Crippen molar-refractivity contribution in [2.75, 3.05) is 12.3 Å². The Hall–Kier alpha value is -2.14. The molecule has 1 aromatic carbocycles. The van der Waals surface area contributed by atoms with Crippen molar-refractivity contribution in [3.05, 3.63) is 36.0 Å². The third kappa shape index (κ3) is 2.83. The Morgan fingerprint density at radius 1 is 1.48 bits per heavy atom. The SMILES string of the molecule is CC(NC(=O)c1cc2ccccc2c(N)n1)C1CCCO1. The molecule has 0 saturated carbocycles. The van der Waals surface area contributed by atoms with E-state index in [0.717, 1.165) is 30.2 Å². The van der Waals surface area contributed by atoms with E-state index < -0.39 is 0 Å². The molecule has 1 fully saturated rings. The van der Waals surface area contributed by atoms with Gasteiger partial charge in [-0.25, -0.2) is 4.98 Å². The number of nitrogens with one attached hydrogen (secondary N) is 1. The van der Waals surface area contributed by atoms with Crippen molar-refractivity contribution in [3.63, 3.8) is 0 Å². The molecule has 2 atom stereocenters. The van der Waals surface area contributed by atoms with E-state index in [1.54, 1.807) is 6.07 Å². The van der Waals surface area contributed by atoms with Gasteiger partial charge in [-0.15, -0.1) is 0 Å². The van der Waals surface area contributed by atoms with Gasteiger partial charge in [-0.1, -0.05) is 24.3 Å². The van der Waals surface area contributed by atoms with Crippen LogP contribution in [0.15, 0.2) is 30.3 Å². The topological polar surface area (TPSA) is 77.2 Å². The lowest BCUT2D eigenvalue weighted by Crippen LogP contribution is -2.41. The standard InChI is InChI=1S/C16H19N3O2/c1-10(14-7-4-8-21-14)18-16(20)13-9-11-5-2-3-6-12(11)15(17)19-13/h2-3,5-6,9-10,14H,4,7-8H2,1H3,(H2,17,19)(H,18,20). The highest BCUT2D eigenvalue weighted by atomic mass is 16.5. The number of rotatable bonds is 3. The van der Waals surface area contributed by atoms with E-state index in [-0.39, 0.29) is 18.1 Å². The summed E-state index contributed by atoms with van der Waals surface area (Å²) in [5, 5.41) is 4.73. The zero-order valence-electron chi connectivity index (χ0n) is 12.0. The second-order valence-corrected chi connectivity index (χ2v) is 5.43. The number of fused-ring (bicyclic) bond motifs is 1. The first-order chi connectivity index (χ1) is 10.1. The lowest BCUT2D eigenvalue weighted by Gasteiger charge is -2.19. The monoisotopic (exact) mass is 285 g/mol. The highest BCUT2D eigenvalue weighted by Gasteiger charge is 2.24. The Morgan fingerprint density at radius 3 is 3.05 bits per heavy atom. The summed E-state index contributed by atoms with van der Waals surface area (Å²) in [6, 6.07) is 9.37. The van der Waals surface area contributed by atoms with E-state index >= 15 is 0 Å². The third-order valence-corrected chi connectivity index (χ3v) is 3.88. The molecule has 21 heavy (non-hydrogen) atoms. The average Bonchev–Trinajstić information content (AvgIpc) is 3.01. The molecular weight excluding hydrogens is 266 g/mol. The molecule has 5 heteroatoms. The predicted molar refractivity (Wildman–Crippen MR) is 82.1 cm³/mol. The maximum atomic E-state index is 12.3. The molecule has 2 unspecified atom stereocenters. The van der Waals surface area contributed by atoms with E-state index in [2.05, 4.69) is 10.3 Å². The van der Waals surface area contributed by atoms with Crippen LogP contribution in [-0.4, -0.2) is 29.6 Å². The molecule has 3 N–H and O–H groups in total. The second-order valence-electron chi connectivity index (χ2n) is 5.43. The minimum atomic E-state index is -0.213. The van der Waals surface area contributed by atoms with Gasteiger partial charge in [-0.3, -0.25) is 4.79 Å². The molecule has 110 valence electrons. The first kappa shape index (κ1) is 13.8. The molecule has 1 aromatic heterocycles. The summed E-state index contributed by atoms with van der Waals surface area (Å²) in [4.78, 5) is 16.5. The van der Waals surface area contributed by atoms with Crippen LogP contribution in [0.2, 0.25) is 0 Å². The van der Waals surface area contributed by atoms with Crippen LogP contribution in [0.1, 0.15) is 30.3 Å². The number of nitrogens with zero attached hydrogens (tertiary/aromatic N) is 1. The van der Waals surface area contributed by atoms with Gasteiger partial charge in [0.15, 0.2) is 0 Å². The number of ether oxygens (including phenoxy) is 1. The summed E-state index contributed by atoms with van der Waals surface area (Å²) in [6.45, 7) is 2.73. The zero-order chi connectivity index (χ0) is 14.8. The van der Waals surface area contributed by atoms with Gasteiger partial charge in [0.25, 0.3) is 5.91 Å². The molecule has 0 spiro atoms. The summed E-state index contributed by atoms with van der Waals surface area (Å²) in [5.41, 5.74) is 6.28. The average molecular weight is 285 g/mol. The summed E-state index contributed by atoms with van der Waals surface area (Å²) in [6.07, 6.45) is 2.12. The van der Waals surface area contributed by atoms with E-state index in [4.69, 9.17) is 10.5 Å². The largest absolute Gasteiger partial charge is 0.383 e. The first-order valence-electron chi connectivity index (χ1n) is 7.23. The highest BCUT2D eigenvalue weighted by molar-refractivity contribution is 5.99. The summed E-state index contributed by atoms with van der Waals surface area (Å²) < 4.78 is 5.59. The van der Waals surface area contributed by atoms with Crippen LogP contribution in [0.3, 0.4) is 0 Å². The van der Waals surface area contributed by atoms with Crippen molar-refractivity contribution in [1.29, 1.82) is 0 Å². The Labute approximate surface area is 123 Å². The summed E-state index contributed by atoms with van der Waals surface area (Å²) in [5.74, 6) is 0.165. The van der Waals surface area contributed by atoms with Gasteiger partial charge in [-0.2, -0.15) is 0 Å². The predicted octanol–water partition coefficient (Wildman–Crippen LogP) is 2.11. The number of hydrogen-bond donors (Lipinski definition) is 2. The Bertz CT molecular complexity index is 666. The van der Waals surface area contributed by atoms with Gasteiger partial charge < -0.3 is 15.8 Å². The number of aromatic nitrogens is 1. The Balaban J connectivity index is 1.81. The van der Waals surface area contributed by atoms with Crippen LogP contribution in [0.25, 0.3) is 10.8 Å². The fourth-order valence-electron chi connectivity index (χ4n) is 2.71. The van der Waals surface area contributed by atoms with Gasteiger partial charge in [-0.05, 0) is 31.2 Å². The van der Waals surface area contributed by atoms with Crippen LogP contribution >= 0.6 is 0 Å². The minimum Gasteiger partial charge on any atom is -0.383 e. The maximum Gasteiger partial charge on any atom is 0.270 e. The summed E-state index contributed by atoms with van der Waals surface area (Å²) in [7, 11) is 0. The van der Waals surface area contributed by atoms with Crippen LogP contribution in [0.4, 0.5) is 5.82 Å². The number of pyridine rings is 1. The number of hydrogen-bond acceptors (Lipinski definition) is 4. The molecule has 2 heterocycles. The molecule has 1 aliphatic heterocycles. The molecule has 0 aliphatic carbocycles. The summed E-state index contributed by atoms with van der Waals surface area (Å²) >= 11 is 0. The third-order valence-electron chi connectivity index (χ3n) is 3.88. The Morgan fingerprint density at radius 2 is 2.29 bits per heavy atom. The smallest absolute Gasteiger partial charge is 0.270 e. The van der Waals surface area contributed by atoms with Crippen molar-refractivity contribution in [2.24, 2.45) is 0 Å². The molecule has 1 aliphatic rings. The van der Waals surface area contributed by atoms with E-state index in [9.17, 15) is 4.79 Å². The van der Waals surface area contributed by atoms with Crippen molar-refractivity contribution in [3.8, 4) is 0 Å². The van der Waals surface area contributed by atoms with E-state index in [0.29, 0.717) is 11.5 Å². The number of nitrogen functional groups attached to an aromatic ring is 1. The van der Waals surface area contributed by atoms with Crippen LogP contribution < -0.4 is 11.1 Å². The van der Waals surface area contributed by atoms with Crippen LogP contribution in [-0.2, 0) is 4.74 Å². The molecule has 2 aromatic rings. The minimum absolute atomic E-state index is 0.0329. The van der Waals surface area contributed by atoms with Gasteiger partial charge in [0.05, 0.1) is 12.1 Å². The number of carbonyl (C=O) groups is 1. The molecule has 5 nitrogen and oxygen atoms in total. The van der Waals surface area contributed by atoms with Crippen molar-refractivity contribution < 1.29 is 9.53 Å². The van der Waals surface area contributed by atoms with Gasteiger partial charge in [0, 0.05) is 12.0 Å². The van der Waals surface area contributed by atoms with Crippen LogP contribution in [0, 0.1) is 0 Å². The van der Waals surface area contributed by atoms with Crippen molar-refractivity contribution >= 4 is 22.5 Å². The van der Waals surface area contributed by atoms with Gasteiger partial charge >= 0.3 is 0 Å². The highest BCUT2D eigenvalue weighted by Crippen LogP contribution is 2.20. The number of nitrogens with two attached hydrogens (primary N) is 1. The van der Waals surface area contributed by atoms with Crippen LogP contribution in [0.5, 0.6) is 0 Å². The fourth-order valence-corrected chi connectivity index (χ4v) is 2.71. The second kappa shape index (κ2) is 5.69. The quantitative estimate of drug-likeness (QED) is 0.905. The first-order valence-corrected chi connectivity index (χ1v) is 7.23.